The van der Waals surface area contributed by atoms with Crippen molar-refractivity contribution in [1.29, 1.82) is 0 Å². The molecule has 0 saturated heterocycles. The maximum atomic E-state index is 12.2. The van der Waals surface area contributed by atoms with Gasteiger partial charge in [-0.05, 0) is 41.8 Å². The number of carbonyl (C=O) groups excluding carboxylic acids is 1. The number of benzene rings is 2. The normalized spacial score (nSPS) is 13.2. The average Bonchev–Trinajstić information content (AvgIpc) is 2.81. The predicted molar refractivity (Wildman–Crippen MR) is 98.9 cm³/mol. The molecule has 2 aromatic carbocycles. The van der Waals surface area contributed by atoms with Crippen LogP contribution in [0.2, 0.25) is 10.0 Å². The van der Waals surface area contributed by atoms with Gasteiger partial charge in [0.2, 0.25) is 5.91 Å². The number of fused-ring (bicyclic) bond motifs is 1. The van der Waals surface area contributed by atoms with E-state index in [0.717, 1.165) is 24.0 Å². The molecule has 6 heteroatoms. The number of hydrogen-bond donors (Lipinski definition) is 1. The lowest BCUT2D eigenvalue weighted by Crippen LogP contribution is -2.27. The van der Waals surface area contributed by atoms with Crippen molar-refractivity contribution in [2.24, 2.45) is 0 Å². The summed E-state index contributed by atoms with van der Waals surface area (Å²) in [5.74, 6) is 1.10. The second kappa shape index (κ2) is 8.45. The minimum Gasteiger partial charge on any atom is -0.489 e. The van der Waals surface area contributed by atoms with Crippen LogP contribution in [-0.4, -0.2) is 25.7 Å². The fourth-order valence-corrected chi connectivity index (χ4v) is 3.17. The third-order valence-electron chi connectivity index (χ3n) is 3.85. The third-order valence-corrected chi connectivity index (χ3v) is 4.37. The molecule has 0 saturated carbocycles. The number of carbonyl (C=O) groups is 1. The second-order valence-electron chi connectivity index (χ2n) is 5.86. The molecule has 25 heavy (non-hydrogen) atoms. The summed E-state index contributed by atoms with van der Waals surface area (Å²) in [6.45, 7) is 1.71. The highest BCUT2D eigenvalue weighted by Gasteiger charge is 2.16. The van der Waals surface area contributed by atoms with Crippen molar-refractivity contribution in [2.45, 2.75) is 19.3 Å². The number of halogens is 2. The van der Waals surface area contributed by atoms with Gasteiger partial charge in [-0.25, -0.2) is 0 Å². The maximum Gasteiger partial charge on any atom is 0.224 e. The summed E-state index contributed by atoms with van der Waals surface area (Å²) in [7, 11) is 0. The fraction of sp³-hybridized carbons (Fsp3) is 0.316. The summed E-state index contributed by atoms with van der Waals surface area (Å²) in [6, 6.07) is 11.2. The van der Waals surface area contributed by atoms with Gasteiger partial charge in [0.15, 0.2) is 11.5 Å². The molecule has 0 aromatic heterocycles. The van der Waals surface area contributed by atoms with Crippen LogP contribution in [0, 0.1) is 0 Å². The number of hydrogen-bond acceptors (Lipinski definition) is 3. The van der Waals surface area contributed by atoms with Gasteiger partial charge < -0.3 is 14.8 Å². The molecule has 0 spiro atoms. The van der Waals surface area contributed by atoms with Crippen molar-refractivity contribution in [1.82, 2.24) is 5.32 Å². The lowest BCUT2D eigenvalue weighted by Gasteiger charge is -2.12. The van der Waals surface area contributed by atoms with Crippen LogP contribution in [0.3, 0.4) is 0 Å². The molecule has 0 atom stereocenters. The van der Waals surface area contributed by atoms with Gasteiger partial charge in [0.25, 0.3) is 0 Å². The monoisotopic (exact) mass is 379 g/mol. The standard InChI is InChI=1S/C19H19Cl2NO3/c20-15-4-1-3-13(9-15)5-6-22-18(23)12-14-10-16(21)19-17(11-14)24-7-2-8-25-19/h1,3-4,9-11H,2,5-8,12H2,(H,22,23). The van der Waals surface area contributed by atoms with E-state index in [9.17, 15) is 4.79 Å². The largest absolute Gasteiger partial charge is 0.489 e. The van der Waals surface area contributed by atoms with Crippen molar-refractivity contribution in [2.75, 3.05) is 19.8 Å². The molecule has 1 heterocycles. The van der Waals surface area contributed by atoms with Gasteiger partial charge in [-0.2, -0.15) is 0 Å². The highest BCUT2D eigenvalue weighted by atomic mass is 35.5. The van der Waals surface area contributed by atoms with Crippen LogP contribution in [0.4, 0.5) is 0 Å². The quantitative estimate of drug-likeness (QED) is 0.851. The summed E-state index contributed by atoms with van der Waals surface area (Å²) in [5, 5.41) is 4.09. The van der Waals surface area contributed by atoms with Gasteiger partial charge in [0, 0.05) is 18.0 Å². The van der Waals surface area contributed by atoms with E-state index >= 15 is 0 Å². The zero-order valence-corrected chi connectivity index (χ0v) is 15.2. The number of nitrogens with one attached hydrogen (secondary N) is 1. The van der Waals surface area contributed by atoms with E-state index in [1.165, 1.54) is 0 Å². The maximum absolute atomic E-state index is 12.2. The molecule has 0 bridgehead atoms. The molecule has 1 amide bonds. The van der Waals surface area contributed by atoms with Gasteiger partial charge in [0.1, 0.15) is 0 Å². The molecule has 1 aliphatic heterocycles. The highest BCUT2D eigenvalue weighted by molar-refractivity contribution is 6.32. The summed E-state index contributed by atoms with van der Waals surface area (Å²) in [5.41, 5.74) is 1.89. The molecule has 1 N–H and O–H groups in total. The number of ether oxygens (including phenoxy) is 2. The van der Waals surface area contributed by atoms with Crippen LogP contribution in [0.1, 0.15) is 17.5 Å². The predicted octanol–water partition coefficient (Wildman–Crippen LogP) is 4.06. The Morgan fingerprint density at radius 1 is 1.08 bits per heavy atom. The van der Waals surface area contributed by atoms with Gasteiger partial charge in [-0.3, -0.25) is 4.79 Å². The summed E-state index contributed by atoms with van der Waals surface area (Å²) in [6.07, 6.45) is 1.78. The van der Waals surface area contributed by atoms with Gasteiger partial charge in [-0.15, -0.1) is 0 Å². The Labute approximate surface area is 157 Å². The van der Waals surface area contributed by atoms with Crippen molar-refractivity contribution in [3.05, 3.63) is 57.6 Å². The summed E-state index contributed by atoms with van der Waals surface area (Å²) >= 11 is 12.2. The van der Waals surface area contributed by atoms with E-state index in [1.54, 1.807) is 6.07 Å². The Balaban J connectivity index is 1.56. The first kappa shape index (κ1) is 17.9. The van der Waals surface area contributed by atoms with E-state index < -0.39 is 0 Å². The van der Waals surface area contributed by atoms with E-state index in [1.807, 2.05) is 30.3 Å². The van der Waals surface area contributed by atoms with Crippen molar-refractivity contribution < 1.29 is 14.3 Å². The molecule has 0 aliphatic carbocycles. The highest BCUT2D eigenvalue weighted by Crippen LogP contribution is 2.38. The van der Waals surface area contributed by atoms with Gasteiger partial charge >= 0.3 is 0 Å². The van der Waals surface area contributed by atoms with Crippen LogP contribution < -0.4 is 14.8 Å². The van der Waals surface area contributed by atoms with E-state index in [0.29, 0.717) is 41.3 Å². The van der Waals surface area contributed by atoms with Crippen molar-refractivity contribution in [3.63, 3.8) is 0 Å². The van der Waals surface area contributed by atoms with Crippen LogP contribution in [-0.2, 0) is 17.6 Å². The first-order valence-corrected chi connectivity index (χ1v) is 8.96. The summed E-state index contributed by atoms with van der Waals surface area (Å²) in [4.78, 5) is 12.2. The molecule has 2 aromatic rings. The zero-order valence-electron chi connectivity index (χ0n) is 13.7. The molecule has 132 valence electrons. The molecule has 0 fully saturated rings. The van der Waals surface area contributed by atoms with Gasteiger partial charge in [0.05, 0.1) is 24.7 Å². The molecular formula is C19H19Cl2NO3. The smallest absolute Gasteiger partial charge is 0.224 e. The first-order chi connectivity index (χ1) is 12.1. The topological polar surface area (TPSA) is 47.6 Å². The third kappa shape index (κ3) is 5.03. The van der Waals surface area contributed by atoms with Crippen LogP contribution in [0.5, 0.6) is 11.5 Å². The minimum atomic E-state index is -0.0624. The van der Waals surface area contributed by atoms with Crippen LogP contribution in [0.25, 0.3) is 0 Å². The fourth-order valence-electron chi connectivity index (χ4n) is 2.67. The van der Waals surface area contributed by atoms with E-state index in [4.69, 9.17) is 32.7 Å². The molecular weight excluding hydrogens is 361 g/mol. The molecule has 4 nitrogen and oxygen atoms in total. The molecule has 3 rings (SSSR count). The first-order valence-electron chi connectivity index (χ1n) is 8.21. The van der Waals surface area contributed by atoms with Crippen LogP contribution >= 0.6 is 23.2 Å². The lowest BCUT2D eigenvalue weighted by molar-refractivity contribution is -0.120. The Morgan fingerprint density at radius 3 is 2.76 bits per heavy atom. The Kier molecular flexibility index (Phi) is 6.05. The lowest BCUT2D eigenvalue weighted by atomic mass is 10.1. The zero-order chi connectivity index (χ0) is 17.6. The Morgan fingerprint density at radius 2 is 1.92 bits per heavy atom. The molecule has 1 aliphatic rings. The van der Waals surface area contributed by atoms with Crippen molar-refractivity contribution >= 4 is 29.1 Å². The van der Waals surface area contributed by atoms with Gasteiger partial charge in [-0.1, -0.05) is 35.3 Å². The van der Waals surface area contributed by atoms with E-state index in [-0.39, 0.29) is 12.3 Å². The Bertz CT molecular complexity index is 764. The SMILES string of the molecule is O=C(Cc1cc(Cl)c2c(c1)OCCCO2)NCCc1cccc(Cl)c1. The summed E-state index contributed by atoms with van der Waals surface area (Å²) < 4.78 is 11.2. The minimum absolute atomic E-state index is 0.0624. The second-order valence-corrected chi connectivity index (χ2v) is 6.71. The number of rotatable bonds is 5. The van der Waals surface area contributed by atoms with Crippen LogP contribution in [0.15, 0.2) is 36.4 Å². The van der Waals surface area contributed by atoms with E-state index in [2.05, 4.69) is 5.32 Å². The average molecular weight is 380 g/mol. The molecule has 0 unspecified atom stereocenters. The molecule has 0 radical (unpaired) electrons. The Hall–Kier alpha value is -1.91. The van der Waals surface area contributed by atoms with Crippen molar-refractivity contribution in [3.8, 4) is 11.5 Å². The number of amides is 1.